The van der Waals surface area contributed by atoms with Crippen molar-refractivity contribution in [2.45, 2.75) is 13.3 Å². The molecule has 48 valence electrons. The molecule has 0 saturated heterocycles. The zero-order valence-corrected chi connectivity index (χ0v) is 5.44. The molecule has 1 unspecified atom stereocenters. The standard InChI is InChI=1S/C7H10N2/c1-5-2-3-6-7(4-5)9-8-6/h3-5,8-9H,2H2,1H3. The first-order valence-corrected chi connectivity index (χ1v) is 3.30. The average Bonchev–Trinajstić information content (AvgIpc) is 1.78. The molecule has 1 atom stereocenters. The fraction of sp³-hybridized carbons (Fsp3) is 0.429. The highest BCUT2D eigenvalue weighted by molar-refractivity contribution is 5.35. The fourth-order valence-electron chi connectivity index (χ4n) is 1.16. The number of hydrogen-bond donors (Lipinski definition) is 2. The Balaban J connectivity index is 2.62. The zero-order valence-electron chi connectivity index (χ0n) is 5.44. The molecule has 1 heterocycles. The summed E-state index contributed by atoms with van der Waals surface area (Å²) in [6.07, 6.45) is 5.66. The van der Waals surface area contributed by atoms with Crippen LogP contribution < -0.4 is 10.7 Å². The summed E-state index contributed by atoms with van der Waals surface area (Å²) in [4.78, 5) is 0. The second kappa shape index (κ2) is 1.53. The van der Waals surface area contributed by atoms with E-state index in [1.807, 2.05) is 0 Å². The van der Waals surface area contributed by atoms with Crippen LogP contribution in [0, 0.1) is 5.92 Å². The summed E-state index contributed by atoms with van der Waals surface area (Å²) in [7, 11) is 0. The average molecular weight is 122 g/mol. The summed E-state index contributed by atoms with van der Waals surface area (Å²) in [6, 6.07) is 0. The van der Waals surface area contributed by atoms with Crippen molar-refractivity contribution >= 4 is 12.2 Å². The highest BCUT2D eigenvalue weighted by Gasteiger charge is 2.01. The second-order valence-corrected chi connectivity index (χ2v) is 2.66. The number of H-pyrrole nitrogens is 2. The fourth-order valence-corrected chi connectivity index (χ4v) is 1.16. The number of nitrogens with one attached hydrogen (secondary N) is 2. The number of fused-ring (bicyclic) bond motifs is 1. The van der Waals surface area contributed by atoms with E-state index in [-0.39, 0.29) is 0 Å². The van der Waals surface area contributed by atoms with E-state index in [4.69, 9.17) is 0 Å². The molecule has 9 heavy (non-hydrogen) atoms. The van der Waals surface area contributed by atoms with Crippen molar-refractivity contribution in [2.24, 2.45) is 5.92 Å². The van der Waals surface area contributed by atoms with E-state index in [0.717, 1.165) is 0 Å². The molecule has 1 aromatic heterocycles. The summed E-state index contributed by atoms with van der Waals surface area (Å²) in [5.74, 6) is 0.707. The van der Waals surface area contributed by atoms with Crippen LogP contribution in [-0.4, -0.2) is 10.2 Å². The smallest absolute Gasteiger partial charge is 0.0748 e. The molecule has 0 spiro atoms. The maximum absolute atomic E-state index is 3.02. The highest BCUT2D eigenvalue weighted by atomic mass is 15.1. The van der Waals surface area contributed by atoms with Crippen LogP contribution in [0.1, 0.15) is 13.3 Å². The van der Waals surface area contributed by atoms with Crippen LogP contribution in [-0.2, 0) is 0 Å². The quantitative estimate of drug-likeness (QED) is 0.483. The minimum atomic E-state index is 0.707. The molecule has 0 aliphatic heterocycles. The number of aromatic nitrogens is 2. The van der Waals surface area contributed by atoms with Crippen molar-refractivity contribution in [3.63, 3.8) is 0 Å². The summed E-state index contributed by atoms with van der Waals surface area (Å²) < 4.78 is 0. The lowest BCUT2D eigenvalue weighted by Crippen LogP contribution is -2.42. The van der Waals surface area contributed by atoms with Crippen LogP contribution >= 0.6 is 0 Å². The Morgan fingerprint density at radius 2 is 2.22 bits per heavy atom. The van der Waals surface area contributed by atoms with Gasteiger partial charge in [-0.25, -0.2) is 0 Å². The first-order valence-electron chi connectivity index (χ1n) is 3.30. The van der Waals surface area contributed by atoms with E-state index in [1.54, 1.807) is 0 Å². The predicted molar refractivity (Wildman–Crippen MR) is 37.1 cm³/mol. The monoisotopic (exact) mass is 122 g/mol. The lowest BCUT2D eigenvalue weighted by Gasteiger charge is -2.08. The molecule has 0 bridgehead atoms. The molecule has 0 radical (unpaired) electrons. The molecule has 2 heteroatoms. The summed E-state index contributed by atoms with van der Waals surface area (Å²) in [5.41, 5.74) is 0. The van der Waals surface area contributed by atoms with E-state index in [2.05, 4.69) is 29.3 Å². The molecule has 2 N–H and O–H groups in total. The van der Waals surface area contributed by atoms with Gasteiger partial charge < -0.3 is 0 Å². The third-order valence-electron chi connectivity index (χ3n) is 1.77. The van der Waals surface area contributed by atoms with Crippen molar-refractivity contribution in [1.82, 2.24) is 10.2 Å². The van der Waals surface area contributed by atoms with E-state index in [9.17, 15) is 0 Å². The van der Waals surface area contributed by atoms with Crippen molar-refractivity contribution in [3.05, 3.63) is 10.7 Å². The maximum Gasteiger partial charge on any atom is 0.0748 e. The molecule has 1 aliphatic carbocycles. The van der Waals surface area contributed by atoms with Crippen LogP contribution in [0.5, 0.6) is 0 Å². The molecule has 2 nitrogen and oxygen atoms in total. The lowest BCUT2D eigenvalue weighted by atomic mass is 10.0. The molecular weight excluding hydrogens is 112 g/mol. The van der Waals surface area contributed by atoms with E-state index in [1.165, 1.54) is 17.1 Å². The van der Waals surface area contributed by atoms with Crippen molar-refractivity contribution < 1.29 is 0 Å². The molecule has 0 fully saturated rings. The van der Waals surface area contributed by atoms with E-state index < -0.39 is 0 Å². The van der Waals surface area contributed by atoms with Gasteiger partial charge in [0.15, 0.2) is 0 Å². The van der Waals surface area contributed by atoms with Gasteiger partial charge in [0.1, 0.15) is 0 Å². The minimum absolute atomic E-state index is 0.707. The van der Waals surface area contributed by atoms with E-state index in [0.29, 0.717) is 5.92 Å². The number of aromatic amines is 2. The van der Waals surface area contributed by atoms with Crippen LogP contribution in [0.15, 0.2) is 0 Å². The largest absolute Gasteiger partial charge is 0.299 e. The van der Waals surface area contributed by atoms with Crippen LogP contribution in [0.4, 0.5) is 0 Å². The summed E-state index contributed by atoms with van der Waals surface area (Å²) >= 11 is 0. The van der Waals surface area contributed by atoms with Crippen molar-refractivity contribution in [1.29, 1.82) is 0 Å². The summed E-state index contributed by atoms with van der Waals surface area (Å²) in [5, 5.41) is 8.57. The minimum Gasteiger partial charge on any atom is -0.299 e. The van der Waals surface area contributed by atoms with E-state index >= 15 is 0 Å². The third kappa shape index (κ3) is 0.626. The van der Waals surface area contributed by atoms with Gasteiger partial charge in [-0.15, -0.1) is 0 Å². The topological polar surface area (TPSA) is 31.6 Å². The molecule has 1 aromatic rings. The number of hydrogen-bond acceptors (Lipinski definition) is 0. The Kier molecular flexibility index (Phi) is 0.835. The van der Waals surface area contributed by atoms with Gasteiger partial charge in [-0.1, -0.05) is 19.1 Å². The summed E-state index contributed by atoms with van der Waals surface area (Å²) in [6.45, 7) is 2.22. The predicted octanol–water partition coefficient (Wildman–Crippen LogP) is -0.0564. The SMILES string of the molecule is CC1C=c2[nH][nH]c2=CC1. The Hall–Kier alpha value is -0.920. The zero-order chi connectivity index (χ0) is 6.27. The van der Waals surface area contributed by atoms with Gasteiger partial charge in [-0.05, 0) is 12.3 Å². The molecule has 0 amide bonds. The molecule has 2 rings (SSSR count). The van der Waals surface area contributed by atoms with Crippen molar-refractivity contribution in [2.75, 3.05) is 0 Å². The Morgan fingerprint density at radius 3 is 2.67 bits per heavy atom. The first kappa shape index (κ1) is 4.91. The Bertz CT molecular complexity index is 302. The van der Waals surface area contributed by atoms with Crippen molar-refractivity contribution in [3.8, 4) is 0 Å². The van der Waals surface area contributed by atoms with Crippen LogP contribution in [0.3, 0.4) is 0 Å². The van der Waals surface area contributed by atoms with Gasteiger partial charge in [-0.2, -0.15) is 0 Å². The maximum atomic E-state index is 3.02. The van der Waals surface area contributed by atoms with Gasteiger partial charge in [0, 0.05) is 0 Å². The Morgan fingerprint density at radius 1 is 1.44 bits per heavy atom. The van der Waals surface area contributed by atoms with Crippen LogP contribution in [0.25, 0.3) is 12.2 Å². The van der Waals surface area contributed by atoms with Gasteiger partial charge in [0.2, 0.25) is 0 Å². The Labute approximate surface area is 53.3 Å². The lowest BCUT2D eigenvalue weighted by molar-refractivity contribution is 0.751. The third-order valence-corrected chi connectivity index (χ3v) is 1.77. The molecule has 0 saturated carbocycles. The number of rotatable bonds is 0. The normalized spacial score (nSPS) is 24.3. The van der Waals surface area contributed by atoms with Gasteiger partial charge in [0.05, 0.1) is 10.7 Å². The molecular formula is C7H10N2. The first-order chi connectivity index (χ1) is 4.36. The van der Waals surface area contributed by atoms with Crippen LogP contribution in [0.2, 0.25) is 0 Å². The van der Waals surface area contributed by atoms with Gasteiger partial charge >= 0.3 is 0 Å². The second-order valence-electron chi connectivity index (χ2n) is 2.66. The molecule has 1 aliphatic rings. The molecule has 0 aromatic carbocycles. The van der Waals surface area contributed by atoms with Gasteiger partial charge in [0.25, 0.3) is 0 Å². The highest BCUT2D eigenvalue weighted by Crippen LogP contribution is 2.04. The van der Waals surface area contributed by atoms with Gasteiger partial charge in [-0.3, -0.25) is 10.2 Å².